The highest BCUT2D eigenvalue weighted by atomic mass is 16.5. The first-order valence-corrected chi connectivity index (χ1v) is 16.3. The van der Waals surface area contributed by atoms with E-state index in [2.05, 4.69) is 114 Å². The number of para-hydroxylation sites is 2. The fourth-order valence-corrected chi connectivity index (χ4v) is 7.29. The third kappa shape index (κ3) is 4.21. The second-order valence-electron chi connectivity index (χ2n) is 12.4. The van der Waals surface area contributed by atoms with Gasteiger partial charge < -0.3 is 4.74 Å². The summed E-state index contributed by atoms with van der Waals surface area (Å²) in [5, 5.41) is 4.74. The molecule has 10 rings (SSSR count). The van der Waals surface area contributed by atoms with Crippen LogP contribution in [-0.2, 0) is 0 Å². The molecule has 48 heavy (non-hydrogen) atoms. The third-order valence-electron chi connectivity index (χ3n) is 9.61. The molecule has 8 aromatic rings. The highest BCUT2D eigenvalue weighted by Gasteiger charge is 2.34. The zero-order valence-electron chi connectivity index (χ0n) is 25.9. The molecule has 1 unspecified atom stereocenters. The summed E-state index contributed by atoms with van der Waals surface area (Å²) in [6.07, 6.45) is 5.19. The highest BCUT2D eigenvalue weighted by molar-refractivity contribution is 6.10. The van der Waals surface area contributed by atoms with Crippen molar-refractivity contribution in [2.75, 3.05) is 0 Å². The molecular weight excluding hydrogens is 589 g/mol. The van der Waals surface area contributed by atoms with E-state index < -0.39 is 0 Å². The molecule has 0 fully saturated rings. The lowest BCUT2D eigenvalue weighted by molar-refractivity contribution is 0.428. The summed E-state index contributed by atoms with van der Waals surface area (Å²) < 4.78 is 8.70. The number of allylic oxidation sites excluding steroid dienone is 4. The molecule has 1 aliphatic heterocycles. The quantitative estimate of drug-likeness (QED) is 0.197. The lowest BCUT2D eigenvalue weighted by Crippen LogP contribution is -2.11. The Morgan fingerprint density at radius 2 is 1.29 bits per heavy atom. The van der Waals surface area contributed by atoms with Crippen LogP contribution in [0, 0.1) is 0 Å². The monoisotopic (exact) mass is 616 g/mol. The lowest BCUT2D eigenvalue weighted by Gasteiger charge is -2.18. The normalized spacial score (nSPS) is 15.2. The van der Waals surface area contributed by atoms with Gasteiger partial charge in [0, 0.05) is 21.9 Å². The minimum atomic E-state index is 0.138. The number of fused-ring (bicyclic) bond motifs is 7. The average molecular weight is 617 g/mol. The van der Waals surface area contributed by atoms with E-state index in [4.69, 9.17) is 19.7 Å². The Hall–Kier alpha value is -6.33. The molecule has 3 heterocycles. The summed E-state index contributed by atoms with van der Waals surface area (Å²) >= 11 is 0. The predicted octanol–water partition coefficient (Wildman–Crippen LogP) is 10.3. The van der Waals surface area contributed by atoms with Crippen molar-refractivity contribution in [3.8, 4) is 34.2 Å². The van der Waals surface area contributed by atoms with Crippen molar-refractivity contribution in [2.45, 2.75) is 12.3 Å². The van der Waals surface area contributed by atoms with Gasteiger partial charge in [-0.15, -0.1) is 0 Å². The maximum absolute atomic E-state index is 6.51. The van der Waals surface area contributed by atoms with Gasteiger partial charge in [-0.05, 0) is 52.6 Å². The summed E-state index contributed by atoms with van der Waals surface area (Å²) in [5.74, 6) is 3.72. The van der Waals surface area contributed by atoms with Crippen LogP contribution in [-0.4, -0.2) is 19.5 Å². The Morgan fingerprint density at radius 1 is 0.562 bits per heavy atom. The maximum Gasteiger partial charge on any atom is 0.238 e. The van der Waals surface area contributed by atoms with Crippen molar-refractivity contribution in [1.29, 1.82) is 0 Å². The number of hydrogen-bond donors (Lipinski definition) is 0. The van der Waals surface area contributed by atoms with E-state index in [1.165, 1.54) is 16.3 Å². The Labute approximate surface area is 277 Å². The van der Waals surface area contributed by atoms with Crippen molar-refractivity contribution in [2.24, 2.45) is 0 Å². The summed E-state index contributed by atoms with van der Waals surface area (Å²) in [7, 11) is 0. The minimum Gasteiger partial charge on any atom is -0.460 e. The van der Waals surface area contributed by atoms with Crippen molar-refractivity contribution < 1.29 is 4.74 Å². The molecule has 6 aromatic carbocycles. The third-order valence-corrected chi connectivity index (χ3v) is 9.61. The van der Waals surface area contributed by atoms with E-state index in [1.807, 2.05) is 42.5 Å². The standard InChI is InChI=1S/C43H28N4O/c1-2-12-28(13-3-1)41-44-42(36-18-10-17-35-34-16-7-9-20-39(34)48-40(35)36)46-43(45-41)47-37-19-8-6-15-32(37)33-24-23-31(26-38(33)47)30-22-21-27-11-4-5-14-29(27)25-30/h1-16,18-26,35H,17H2. The first kappa shape index (κ1) is 26.8. The molecule has 5 heteroatoms. The predicted molar refractivity (Wildman–Crippen MR) is 193 cm³/mol. The molecule has 0 amide bonds. The van der Waals surface area contributed by atoms with Crippen LogP contribution in [0.25, 0.3) is 66.6 Å². The fourth-order valence-electron chi connectivity index (χ4n) is 7.29. The molecule has 2 aromatic heterocycles. The van der Waals surface area contributed by atoms with Gasteiger partial charge in [0.1, 0.15) is 11.5 Å². The number of benzene rings is 6. The topological polar surface area (TPSA) is 52.8 Å². The van der Waals surface area contributed by atoms with Crippen LogP contribution in [0.15, 0.2) is 157 Å². The largest absolute Gasteiger partial charge is 0.460 e. The van der Waals surface area contributed by atoms with E-state index in [1.54, 1.807) is 0 Å². The summed E-state index contributed by atoms with van der Waals surface area (Å²) in [6, 6.07) is 48.8. The molecule has 5 nitrogen and oxygen atoms in total. The van der Waals surface area contributed by atoms with Crippen LogP contribution in [0.1, 0.15) is 23.7 Å². The Morgan fingerprint density at radius 3 is 2.23 bits per heavy atom. The first-order valence-electron chi connectivity index (χ1n) is 16.3. The van der Waals surface area contributed by atoms with Gasteiger partial charge in [-0.1, -0.05) is 127 Å². The van der Waals surface area contributed by atoms with Gasteiger partial charge in [-0.25, -0.2) is 4.98 Å². The van der Waals surface area contributed by atoms with Crippen molar-refractivity contribution in [3.63, 3.8) is 0 Å². The minimum absolute atomic E-state index is 0.138. The molecule has 226 valence electrons. The Kier molecular flexibility index (Phi) is 5.93. The first-order chi connectivity index (χ1) is 23.8. The van der Waals surface area contributed by atoms with Gasteiger partial charge in [0.25, 0.3) is 0 Å². The molecule has 2 aliphatic rings. The number of rotatable bonds is 4. The number of nitrogens with zero attached hydrogens (tertiary/aromatic N) is 4. The molecule has 1 atom stereocenters. The van der Waals surface area contributed by atoms with Gasteiger partial charge in [0.05, 0.1) is 22.5 Å². The van der Waals surface area contributed by atoms with Crippen LogP contribution in [0.2, 0.25) is 0 Å². The second-order valence-corrected chi connectivity index (χ2v) is 12.4. The van der Waals surface area contributed by atoms with Gasteiger partial charge >= 0.3 is 0 Å². The molecule has 0 saturated heterocycles. The molecule has 0 bridgehead atoms. The highest BCUT2D eigenvalue weighted by Crippen LogP contribution is 2.47. The molecule has 0 radical (unpaired) electrons. The van der Waals surface area contributed by atoms with E-state index in [0.29, 0.717) is 17.6 Å². The van der Waals surface area contributed by atoms with E-state index in [9.17, 15) is 0 Å². The number of hydrogen-bond acceptors (Lipinski definition) is 4. The molecule has 0 N–H and O–H groups in total. The fraction of sp³-hybridized carbons (Fsp3) is 0.0465. The zero-order valence-corrected chi connectivity index (χ0v) is 25.9. The van der Waals surface area contributed by atoms with Gasteiger partial charge in [-0.3, -0.25) is 4.57 Å². The van der Waals surface area contributed by atoms with Crippen LogP contribution in [0.4, 0.5) is 0 Å². The summed E-state index contributed by atoms with van der Waals surface area (Å²) in [6.45, 7) is 0. The van der Waals surface area contributed by atoms with Gasteiger partial charge in [-0.2, -0.15) is 9.97 Å². The van der Waals surface area contributed by atoms with E-state index >= 15 is 0 Å². The molecular formula is C43H28N4O. The lowest BCUT2D eigenvalue weighted by atomic mass is 9.89. The number of aromatic nitrogens is 4. The summed E-state index contributed by atoms with van der Waals surface area (Å²) in [4.78, 5) is 15.5. The molecule has 0 saturated carbocycles. The second kappa shape index (κ2) is 10.6. The smallest absolute Gasteiger partial charge is 0.238 e. The van der Waals surface area contributed by atoms with Crippen molar-refractivity contribution in [3.05, 3.63) is 169 Å². The summed E-state index contributed by atoms with van der Waals surface area (Å²) in [5.41, 5.74) is 7.40. The maximum atomic E-state index is 6.51. The van der Waals surface area contributed by atoms with E-state index in [0.717, 1.165) is 62.0 Å². The van der Waals surface area contributed by atoms with Gasteiger partial charge in [0.15, 0.2) is 11.6 Å². The van der Waals surface area contributed by atoms with Crippen LogP contribution in [0.5, 0.6) is 5.75 Å². The van der Waals surface area contributed by atoms with Crippen LogP contribution in [0.3, 0.4) is 0 Å². The van der Waals surface area contributed by atoms with Crippen molar-refractivity contribution >= 4 is 38.2 Å². The van der Waals surface area contributed by atoms with Crippen LogP contribution >= 0.6 is 0 Å². The average Bonchev–Trinajstić information content (AvgIpc) is 3.70. The van der Waals surface area contributed by atoms with Crippen LogP contribution < -0.4 is 4.74 Å². The Balaban J connectivity index is 1.22. The molecule has 1 aliphatic carbocycles. The van der Waals surface area contributed by atoms with Gasteiger partial charge in [0.2, 0.25) is 5.95 Å². The van der Waals surface area contributed by atoms with E-state index in [-0.39, 0.29) is 5.92 Å². The number of ether oxygens (including phenoxy) is 1. The SMILES string of the molecule is C1=CC(c2nc(-c3ccccc3)nc(-n3c4ccccc4c4ccc(-c5ccc6ccccc6c5)cc43)n2)=C2Oc3ccccc3C2C1. The zero-order chi connectivity index (χ0) is 31.6. The van der Waals surface area contributed by atoms with Crippen molar-refractivity contribution in [1.82, 2.24) is 19.5 Å². The molecule has 0 spiro atoms. The Bertz CT molecular complexity index is 2630.